The number of nitrogens with zero attached hydrogens (tertiary/aromatic N) is 2. The summed E-state index contributed by atoms with van der Waals surface area (Å²) < 4.78 is 0. The van der Waals surface area contributed by atoms with Gasteiger partial charge in [-0.05, 0) is 38.7 Å². The number of likely N-dealkylation sites (N-methyl/N-ethyl adjacent to an activating group) is 1. The topological polar surface area (TPSA) is 69.7 Å². The van der Waals surface area contributed by atoms with E-state index in [1.54, 1.807) is 18.9 Å². The largest absolute Gasteiger partial charge is 0.341 e. The molecule has 0 saturated carbocycles. The van der Waals surface area contributed by atoms with Gasteiger partial charge in [0.1, 0.15) is 12.1 Å². The van der Waals surface area contributed by atoms with Gasteiger partial charge in [-0.15, -0.1) is 0 Å². The van der Waals surface area contributed by atoms with Gasteiger partial charge in [0.25, 0.3) is 5.91 Å². The van der Waals surface area contributed by atoms with E-state index in [-0.39, 0.29) is 18.5 Å². The van der Waals surface area contributed by atoms with Crippen LogP contribution in [-0.2, 0) is 15.1 Å². The lowest BCUT2D eigenvalue weighted by atomic mass is 9.91. The van der Waals surface area contributed by atoms with Crippen molar-refractivity contribution in [3.05, 3.63) is 35.4 Å². The smallest absolute Gasteiger partial charge is 0.325 e. The number of rotatable bonds is 6. The van der Waals surface area contributed by atoms with Crippen molar-refractivity contribution in [2.45, 2.75) is 52.6 Å². The number of amides is 4. The molecule has 1 fully saturated rings. The minimum atomic E-state index is -1.15. The molecule has 2 rings (SSSR count). The number of carbonyl (C=O) groups is 3. The molecule has 0 bridgehead atoms. The van der Waals surface area contributed by atoms with Gasteiger partial charge < -0.3 is 10.2 Å². The first-order chi connectivity index (χ1) is 12.1. The highest BCUT2D eigenvalue weighted by Gasteiger charge is 2.49. The quantitative estimate of drug-likeness (QED) is 0.794. The van der Waals surface area contributed by atoms with Crippen LogP contribution in [0.4, 0.5) is 4.79 Å². The van der Waals surface area contributed by atoms with Crippen LogP contribution in [0.2, 0.25) is 0 Å². The summed E-state index contributed by atoms with van der Waals surface area (Å²) in [6.45, 7) is 9.55. The Morgan fingerprint density at radius 3 is 2.31 bits per heavy atom. The lowest BCUT2D eigenvalue weighted by molar-refractivity contribution is -0.139. The van der Waals surface area contributed by atoms with E-state index in [1.807, 2.05) is 38.1 Å². The Kier molecular flexibility index (Phi) is 5.74. The van der Waals surface area contributed by atoms with Crippen LogP contribution < -0.4 is 5.32 Å². The van der Waals surface area contributed by atoms with E-state index in [0.717, 1.165) is 16.9 Å². The van der Waals surface area contributed by atoms with Gasteiger partial charge in [0.05, 0.1) is 0 Å². The van der Waals surface area contributed by atoms with Gasteiger partial charge in [-0.1, -0.05) is 43.7 Å². The first-order valence-corrected chi connectivity index (χ1v) is 9.03. The molecule has 0 aromatic heterocycles. The first kappa shape index (κ1) is 19.9. The number of urea groups is 1. The van der Waals surface area contributed by atoms with Crippen LogP contribution >= 0.6 is 0 Å². The fourth-order valence-corrected chi connectivity index (χ4v) is 3.26. The third-order valence-electron chi connectivity index (χ3n) is 5.06. The maximum atomic E-state index is 12.9. The SMILES string of the molecule is Cc1ccc(C2(C)NC(=O)N(CC(=O)N(C)C(C)CC(C)C)C2=O)cc1. The summed E-state index contributed by atoms with van der Waals surface area (Å²) in [6, 6.07) is 6.97. The molecule has 1 saturated heterocycles. The minimum Gasteiger partial charge on any atom is -0.341 e. The Bertz CT molecular complexity index is 699. The lowest BCUT2D eigenvalue weighted by Gasteiger charge is -2.28. The Labute approximate surface area is 155 Å². The van der Waals surface area contributed by atoms with Crippen molar-refractivity contribution in [3.8, 4) is 0 Å². The second-order valence-corrected chi connectivity index (χ2v) is 7.80. The van der Waals surface area contributed by atoms with E-state index >= 15 is 0 Å². The highest BCUT2D eigenvalue weighted by molar-refractivity contribution is 6.09. The van der Waals surface area contributed by atoms with Crippen LogP contribution in [0.3, 0.4) is 0 Å². The zero-order valence-electron chi connectivity index (χ0n) is 16.5. The molecule has 2 unspecified atom stereocenters. The van der Waals surface area contributed by atoms with Crippen LogP contribution in [0.15, 0.2) is 24.3 Å². The molecule has 1 heterocycles. The van der Waals surface area contributed by atoms with Gasteiger partial charge in [0.2, 0.25) is 5.91 Å². The predicted octanol–water partition coefficient (Wildman–Crippen LogP) is 2.66. The zero-order chi connectivity index (χ0) is 19.6. The molecule has 26 heavy (non-hydrogen) atoms. The number of benzene rings is 1. The van der Waals surface area contributed by atoms with Crippen molar-refractivity contribution in [2.24, 2.45) is 5.92 Å². The fourth-order valence-electron chi connectivity index (χ4n) is 3.26. The molecular weight excluding hydrogens is 330 g/mol. The third-order valence-corrected chi connectivity index (χ3v) is 5.06. The monoisotopic (exact) mass is 359 g/mol. The normalized spacial score (nSPS) is 21.1. The van der Waals surface area contributed by atoms with Gasteiger partial charge in [-0.2, -0.15) is 0 Å². The summed E-state index contributed by atoms with van der Waals surface area (Å²) in [5, 5.41) is 2.74. The Morgan fingerprint density at radius 1 is 1.19 bits per heavy atom. The molecule has 2 atom stereocenters. The molecule has 1 aliphatic rings. The highest BCUT2D eigenvalue weighted by atomic mass is 16.2. The summed E-state index contributed by atoms with van der Waals surface area (Å²) in [7, 11) is 1.72. The third kappa shape index (κ3) is 3.89. The van der Waals surface area contributed by atoms with Crippen LogP contribution in [0, 0.1) is 12.8 Å². The van der Waals surface area contributed by atoms with Gasteiger partial charge in [0.15, 0.2) is 0 Å². The predicted molar refractivity (Wildman–Crippen MR) is 100 cm³/mol. The molecule has 142 valence electrons. The fraction of sp³-hybridized carbons (Fsp3) is 0.550. The van der Waals surface area contributed by atoms with E-state index in [1.165, 1.54) is 0 Å². The van der Waals surface area contributed by atoms with Crippen molar-refractivity contribution < 1.29 is 14.4 Å². The van der Waals surface area contributed by atoms with Gasteiger partial charge in [0, 0.05) is 13.1 Å². The Hall–Kier alpha value is -2.37. The van der Waals surface area contributed by atoms with Gasteiger partial charge in [-0.3, -0.25) is 14.5 Å². The molecule has 4 amide bonds. The number of imide groups is 1. The number of carbonyl (C=O) groups excluding carboxylic acids is 3. The van der Waals surface area contributed by atoms with Crippen molar-refractivity contribution in [3.63, 3.8) is 0 Å². The molecule has 6 heteroatoms. The van der Waals surface area contributed by atoms with Crippen molar-refractivity contribution in [1.29, 1.82) is 0 Å². The van der Waals surface area contributed by atoms with Crippen molar-refractivity contribution in [2.75, 3.05) is 13.6 Å². The molecule has 1 aromatic carbocycles. The maximum Gasteiger partial charge on any atom is 0.325 e. The van der Waals surface area contributed by atoms with E-state index in [2.05, 4.69) is 19.2 Å². The summed E-state index contributed by atoms with van der Waals surface area (Å²) in [5.41, 5.74) is 0.632. The maximum absolute atomic E-state index is 12.9. The first-order valence-electron chi connectivity index (χ1n) is 9.03. The molecule has 6 nitrogen and oxygen atoms in total. The molecule has 1 aromatic rings. The number of hydrogen-bond acceptors (Lipinski definition) is 3. The van der Waals surface area contributed by atoms with E-state index in [9.17, 15) is 14.4 Å². The van der Waals surface area contributed by atoms with Gasteiger partial charge >= 0.3 is 6.03 Å². The molecule has 1 aliphatic heterocycles. The van der Waals surface area contributed by atoms with E-state index in [4.69, 9.17) is 0 Å². The molecule has 0 spiro atoms. The number of nitrogens with one attached hydrogen (secondary N) is 1. The standard InChI is InChI=1S/C20H29N3O3/c1-13(2)11-15(4)22(6)17(24)12-23-18(25)20(5,21-19(23)26)16-9-7-14(3)8-10-16/h7-10,13,15H,11-12H2,1-6H3,(H,21,26). The molecule has 1 N–H and O–H groups in total. The molecule has 0 radical (unpaired) electrons. The van der Waals surface area contributed by atoms with E-state index < -0.39 is 17.5 Å². The summed E-state index contributed by atoms with van der Waals surface area (Å²) in [4.78, 5) is 40.5. The Balaban J connectivity index is 2.13. The highest BCUT2D eigenvalue weighted by Crippen LogP contribution is 2.29. The van der Waals surface area contributed by atoms with E-state index in [0.29, 0.717) is 11.5 Å². The van der Waals surface area contributed by atoms with Crippen LogP contribution in [0.5, 0.6) is 0 Å². The van der Waals surface area contributed by atoms with Crippen molar-refractivity contribution >= 4 is 17.8 Å². The number of aryl methyl sites for hydroxylation is 1. The average Bonchev–Trinajstić information content (AvgIpc) is 2.78. The van der Waals surface area contributed by atoms with Crippen molar-refractivity contribution in [1.82, 2.24) is 15.1 Å². The zero-order valence-corrected chi connectivity index (χ0v) is 16.5. The van der Waals surface area contributed by atoms with Crippen LogP contribution in [0.25, 0.3) is 0 Å². The second-order valence-electron chi connectivity index (χ2n) is 7.80. The summed E-state index contributed by atoms with van der Waals surface area (Å²) >= 11 is 0. The lowest BCUT2D eigenvalue weighted by Crippen LogP contribution is -2.45. The summed E-state index contributed by atoms with van der Waals surface area (Å²) in [6.07, 6.45) is 0.865. The summed E-state index contributed by atoms with van der Waals surface area (Å²) in [5.74, 6) is -0.179. The van der Waals surface area contributed by atoms with Crippen LogP contribution in [-0.4, -0.2) is 47.3 Å². The average molecular weight is 359 g/mol. The van der Waals surface area contributed by atoms with Crippen LogP contribution in [0.1, 0.15) is 45.2 Å². The Morgan fingerprint density at radius 2 is 1.77 bits per heavy atom. The van der Waals surface area contributed by atoms with Gasteiger partial charge in [-0.25, -0.2) is 4.79 Å². The molecular formula is C20H29N3O3. The number of hydrogen-bond donors (Lipinski definition) is 1. The minimum absolute atomic E-state index is 0.0479. The molecule has 0 aliphatic carbocycles. The second kappa shape index (κ2) is 7.48.